The van der Waals surface area contributed by atoms with Crippen molar-refractivity contribution >= 4 is 27.1 Å². The molecule has 1 fully saturated rings. The van der Waals surface area contributed by atoms with Crippen LogP contribution < -0.4 is 11.1 Å². The maximum absolute atomic E-state index is 13.1. The molecule has 1 aliphatic rings. The van der Waals surface area contributed by atoms with Gasteiger partial charge in [0.2, 0.25) is 5.91 Å². The highest BCUT2D eigenvalue weighted by molar-refractivity contribution is 7.93. The molecule has 5 nitrogen and oxygen atoms in total. The van der Waals surface area contributed by atoms with Gasteiger partial charge in [0.15, 0.2) is 9.84 Å². The number of nitrogen functional groups attached to an aromatic ring is 1. The van der Waals surface area contributed by atoms with Crippen LogP contribution in [0.5, 0.6) is 0 Å². The molecule has 0 aromatic heterocycles. The van der Waals surface area contributed by atoms with Crippen molar-refractivity contribution in [1.29, 1.82) is 0 Å². The molecule has 1 unspecified atom stereocenters. The van der Waals surface area contributed by atoms with Crippen molar-refractivity contribution in [2.75, 3.05) is 11.1 Å². The van der Waals surface area contributed by atoms with Gasteiger partial charge in [-0.1, -0.05) is 12.8 Å². The van der Waals surface area contributed by atoms with Gasteiger partial charge in [-0.15, -0.1) is 0 Å². The standard InChI is InChI=1S/C14H19FN2O3S/c1-9(21(19,20)11-4-2-3-5-11)14(18)17-10-6-7-12(15)13(16)8-10/h6-9,11H,2-5,16H2,1H3,(H,17,18). The van der Waals surface area contributed by atoms with Gasteiger partial charge >= 0.3 is 0 Å². The largest absolute Gasteiger partial charge is 0.396 e. The van der Waals surface area contributed by atoms with E-state index in [9.17, 15) is 17.6 Å². The number of hydrogen-bond acceptors (Lipinski definition) is 4. The third kappa shape index (κ3) is 3.34. The van der Waals surface area contributed by atoms with Crippen LogP contribution >= 0.6 is 0 Å². The highest BCUT2D eigenvalue weighted by Gasteiger charge is 2.37. The van der Waals surface area contributed by atoms with Gasteiger partial charge in [-0.3, -0.25) is 4.79 Å². The first-order valence-electron chi connectivity index (χ1n) is 6.91. The van der Waals surface area contributed by atoms with Crippen molar-refractivity contribution in [2.45, 2.75) is 43.1 Å². The van der Waals surface area contributed by atoms with E-state index < -0.39 is 32.1 Å². The summed E-state index contributed by atoms with van der Waals surface area (Å²) in [5.41, 5.74) is 5.60. The minimum Gasteiger partial charge on any atom is -0.396 e. The zero-order chi connectivity index (χ0) is 15.6. The van der Waals surface area contributed by atoms with Crippen LogP contribution in [-0.2, 0) is 14.6 Å². The number of rotatable bonds is 4. The van der Waals surface area contributed by atoms with Crippen LogP contribution in [0.1, 0.15) is 32.6 Å². The lowest BCUT2D eigenvalue weighted by molar-refractivity contribution is -0.115. The topological polar surface area (TPSA) is 89.3 Å². The molecule has 2 rings (SSSR count). The lowest BCUT2D eigenvalue weighted by atomic mass is 10.2. The molecular formula is C14H19FN2O3S. The minimum absolute atomic E-state index is 0.0981. The van der Waals surface area contributed by atoms with Gasteiger partial charge in [0.05, 0.1) is 10.9 Å². The zero-order valence-corrected chi connectivity index (χ0v) is 12.6. The fourth-order valence-corrected chi connectivity index (χ4v) is 4.45. The van der Waals surface area contributed by atoms with Gasteiger partial charge in [0.1, 0.15) is 11.1 Å². The predicted octanol–water partition coefficient (Wildman–Crippen LogP) is 2.09. The molecule has 0 bridgehead atoms. The molecule has 7 heteroatoms. The van der Waals surface area contributed by atoms with Crippen LogP contribution in [0.3, 0.4) is 0 Å². The molecule has 21 heavy (non-hydrogen) atoms. The maximum Gasteiger partial charge on any atom is 0.242 e. The van der Waals surface area contributed by atoms with Gasteiger partial charge in [-0.05, 0) is 38.0 Å². The number of anilines is 2. The Balaban J connectivity index is 2.10. The number of sulfone groups is 1. The highest BCUT2D eigenvalue weighted by Crippen LogP contribution is 2.28. The Morgan fingerprint density at radius 3 is 2.57 bits per heavy atom. The molecule has 3 N–H and O–H groups in total. The Morgan fingerprint density at radius 2 is 2.00 bits per heavy atom. The number of carbonyl (C=O) groups is 1. The van der Waals surface area contributed by atoms with Crippen LogP contribution in [0.2, 0.25) is 0 Å². The summed E-state index contributed by atoms with van der Waals surface area (Å²) >= 11 is 0. The summed E-state index contributed by atoms with van der Waals surface area (Å²) in [6.45, 7) is 1.38. The van der Waals surface area contributed by atoms with Gasteiger partial charge in [-0.2, -0.15) is 0 Å². The minimum atomic E-state index is -3.49. The van der Waals surface area contributed by atoms with E-state index in [4.69, 9.17) is 5.73 Å². The Kier molecular flexibility index (Phi) is 4.51. The Bertz CT molecular complexity index is 640. The summed E-state index contributed by atoms with van der Waals surface area (Å²) in [5.74, 6) is -1.20. The summed E-state index contributed by atoms with van der Waals surface area (Å²) in [5, 5.41) is 0.908. The van der Waals surface area contributed by atoms with Gasteiger partial charge < -0.3 is 11.1 Å². The normalized spacial score (nSPS) is 17.6. The lowest BCUT2D eigenvalue weighted by Gasteiger charge is -2.17. The summed E-state index contributed by atoms with van der Waals surface area (Å²) < 4.78 is 37.7. The third-order valence-electron chi connectivity index (χ3n) is 3.89. The summed E-state index contributed by atoms with van der Waals surface area (Å²) in [6, 6.07) is 3.74. The van der Waals surface area contributed by atoms with Crippen LogP contribution in [-0.4, -0.2) is 24.8 Å². The Hall–Kier alpha value is -1.63. The fraction of sp³-hybridized carbons (Fsp3) is 0.500. The maximum atomic E-state index is 13.1. The van der Waals surface area contributed by atoms with Crippen molar-refractivity contribution in [2.24, 2.45) is 0 Å². The number of nitrogens with two attached hydrogens (primary N) is 1. The third-order valence-corrected chi connectivity index (χ3v) is 6.49. The summed E-state index contributed by atoms with van der Waals surface area (Å²) in [7, 11) is -3.49. The van der Waals surface area contributed by atoms with E-state index >= 15 is 0 Å². The number of halogens is 1. The lowest BCUT2D eigenvalue weighted by Crippen LogP contribution is -2.37. The average molecular weight is 314 g/mol. The molecule has 1 aromatic rings. The smallest absolute Gasteiger partial charge is 0.242 e. The second-order valence-corrected chi connectivity index (χ2v) is 7.92. The van der Waals surface area contributed by atoms with Crippen LogP contribution in [0, 0.1) is 5.82 Å². The van der Waals surface area contributed by atoms with Crippen molar-refractivity contribution in [3.05, 3.63) is 24.0 Å². The van der Waals surface area contributed by atoms with Crippen molar-refractivity contribution in [3.8, 4) is 0 Å². The number of nitrogens with one attached hydrogen (secondary N) is 1. The molecule has 0 spiro atoms. The van der Waals surface area contributed by atoms with E-state index in [1.807, 2.05) is 0 Å². The van der Waals surface area contributed by atoms with Gasteiger partial charge in [0.25, 0.3) is 0 Å². The van der Waals surface area contributed by atoms with E-state index in [2.05, 4.69) is 5.32 Å². The first-order chi connectivity index (χ1) is 9.82. The van der Waals surface area contributed by atoms with Crippen molar-refractivity contribution < 1.29 is 17.6 Å². The number of hydrogen-bond donors (Lipinski definition) is 2. The predicted molar refractivity (Wildman–Crippen MR) is 80.1 cm³/mol. The van der Waals surface area contributed by atoms with Crippen LogP contribution in [0.4, 0.5) is 15.8 Å². The van der Waals surface area contributed by atoms with E-state index in [0.29, 0.717) is 12.8 Å². The quantitative estimate of drug-likeness (QED) is 0.833. The molecule has 0 heterocycles. The zero-order valence-electron chi connectivity index (χ0n) is 11.8. The van der Waals surface area contributed by atoms with E-state index in [1.54, 1.807) is 0 Å². The summed E-state index contributed by atoms with van der Waals surface area (Å²) in [6.07, 6.45) is 2.99. The number of amides is 1. The highest BCUT2D eigenvalue weighted by atomic mass is 32.2. The van der Waals surface area contributed by atoms with Crippen molar-refractivity contribution in [3.63, 3.8) is 0 Å². The monoisotopic (exact) mass is 314 g/mol. The molecule has 1 saturated carbocycles. The fourth-order valence-electron chi connectivity index (χ4n) is 2.52. The summed E-state index contributed by atoms with van der Waals surface area (Å²) in [4.78, 5) is 12.1. The van der Waals surface area contributed by atoms with Crippen molar-refractivity contribution in [1.82, 2.24) is 0 Å². The molecule has 0 saturated heterocycles. The molecule has 1 atom stereocenters. The van der Waals surface area contributed by atoms with Crippen LogP contribution in [0.25, 0.3) is 0 Å². The van der Waals surface area contributed by atoms with Crippen LogP contribution in [0.15, 0.2) is 18.2 Å². The molecule has 1 amide bonds. The van der Waals surface area contributed by atoms with Gasteiger partial charge in [-0.25, -0.2) is 12.8 Å². The SMILES string of the molecule is CC(C(=O)Nc1ccc(F)c(N)c1)S(=O)(=O)C1CCCC1. The first kappa shape index (κ1) is 15.8. The van der Waals surface area contributed by atoms with E-state index in [-0.39, 0.29) is 11.4 Å². The molecule has 1 aliphatic carbocycles. The van der Waals surface area contributed by atoms with E-state index in [1.165, 1.54) is 19.1 Å². The van der Waals surface area contributed by atoms with Gasteiger partial charge in [0, 0.05) is 5.69 Å². The average Bonchev–Trinajstić information content (AvgIpc) is 2.96. The second kappa shape index (κ2) is 6.01. The molecule has 0 aliphatic heterocycles. The Labute approximate surface area is 123 Å². The molecule has 1 aromatic carbocycles. The number of carbonyl (C=O) groups excluding carboxylic acids is 1. The molecule has 0 radical (unpaired) electrons. The number of benzene rings is 1. The van der Waals surface area contributed by atoms with E-state index in [0.717, 1.165) is 18.9 Å². The molecule has 116 valence electrons. The molecular weight excluding hydrogens is 295 g/mol. The Morgan fingerprint density at radius 1 is 1.38 bits per heavy atom. The first-order valence-corrected chi connectivity index (χ1v) is 8.52. The second-order valence-electron chi connectivity index (χ2n) is 5.36.